The lowest BCUT2D eigenvalue weighted by Crippen LogP contribution is -1.96. The Morgan fingerprint density at radius 2 is 0.956 bits per heavy atom. The van der Waals surface area contributed by atoms with Crippen molar-refractivity contribution >= 4 is 54.1 Å². The predicted molar refractivity (Wildman–Crippen MR) is 194 cm³/mol. The molecule has 0 aliphatic rings. The fraction of sp³-hybridized carbons (Fsp3) is 0.0455. The van der Waals surface area contributed by atoms with Crippen molar-refractivity contribution in [3.05, 3.63) is 163 Å². The van der Waals surface area contributed by atoms with Gasteiger partial charge >= 0.3 is 0 Å². The van der Waals surface area contributed by atoms with Crippen molar-refractivity contribution < 1.29 is 0 Å². The molecule has 0 fully saturated rings. The van der Waals surface area contributed by atoms with Crippen molar-refractivity contribution in [2.45, 2.75) is 13.8 Å². The molecule has 1 aromatic heterocycles. The highest BCUT2D eigenvalue weighted by atomic mass is 15.0. The molecule has 0 spiro atoms. The quantitative estimate of drug-likeness (QED) is 0.185. The Bertz CT molecular complexity index is 2560. The van der Waals surface area contributed by atoms with Gasteiger partial charge in [0.05, 0.1) is 11.0 Å². The second kappa shape index (κ2) is 9.94. The van der Waals surface area contributed by atoms with Crippen LogP contribution < -0.4 is 0 Å². The lowest BCUT2D eigenvalue weighted by Gasteiger charge is -2.20. The van der Waals surface area contributed by atoms with E-state index in [1.54, 1.807) is 0 Å². The van der Waals surface area contributed by atoms with Crippen LogP contribution in [0.25, 0.3) is 82.1 Å². The summed E-state index contributed by atoms with van der Waals surface area (Å²) >= 11 is 0. The first-order valence-corrected chi connectivity index (χ1v) is 15.7. The van der Waals surface area contributed by atoms with Crippen molar-refractivity contribution in [2.24, 2.45) is 0 Å². The third kappa shape index (κ3) is 3.87. The molecule has 0 aliphatic carbocycles. The molecule has 9 rings (SSSR count). The van der Waals surface area contributed by atoms with E-state index < -0.39 is 0 Å². The molecule has 0 aliphatic heterocycles. The monoisotopic (exact) mass is 573 g/mol. The topological polar surface area (TPSA) is 4.93 Å². The molecular formula is C44H31N. The van der Waals surface area contributed by atoms with Crippen LogP contribution in [-0.2, 0) is 0 Å². The Kier molecular flexibility index (Phi) is 5.70. The molecule has 45 heavy (non-hydrogen) atoms. The third-order valence-electron chi connectivity index (χ3n) is 9.56. The normalized spacial score (nSPS) is 11.8. The van der Waals surface area contributed by atoms with Gasteiger partial charge in [0.1, 0.15) is 0 Å². The zero-order valence-corrected chi connectivity index (χ0v) is 25.4. The third-order valence-corrected chi connectivity index (χ3v) is 9.56. The summed E-state index contributed by atoms with van der Waals surface area (Å²) in [5.74, 6) is 0. The number of hydrogen-bond donors (Lipinski definition) is 0. The summed E-state index contributed by atoms with van der Waals surface area (Å²) < 4.78 is 2.41. The number of hydrogen-bond acceptors (Lipinski definition) is 0. The number of nitrogens with zero attached hydrogens (tertiary/aromatic N) is 1. The van der Waals surface area contributed by atoms with E-state index in [0.29, 0.717) is 0 Å². The standard InChI is InChI=1S/C44H31N/c1-28-22-24-39-40(26-28)43(36-18-5-6-19-37(36)44(39)38-25-23-29(2)32-14-3-4-15-33(32)38)30-12-11-13-31(27-30)45-41-20-9-7-16-34(41)35-17-8-10-21-42(35)45/h3-27H,1-2H3. The van der Waals surface area contributed by atoms with Crippen molar-refractivity contribution in [3.63, 3.8) is 0 Å². The SMILES string of the molecule is Cc1ccc2c(-c3ccc(C)c4ccccc34)c3ccccc3c(-c3cccc(-n4c5ccccc5c5ccccc54)c3)c2c1. The van der Waals surface area contributed by atoms with Crippen LogP contribution in [0.5, 0.6) is 0 Å². The molecular weight excluding hydrogens is 542 g/mol. The van der Waals surface area contributed by atoms with E-state index in [9.17, 15) is 0 Å². The van der Waals surface area contributed by atoms with Crippen LogP contribution in [0.2, 0.25) is 0 Å². The van der Waals surface area contributed by atoms with Gasteiger partial charge in [0.2, 0.25) is 0 Å². The van der Waals surface area contributed by atoms with Gasteiger partial charge in [-0.3, -0.25) is 0 Å². The van der Waals surface area contributed by atoms with Crippen LogP contribution in [0.3, 0.4) is 0 Å². The Morgan fingerprint density at radius 3 is 1.67 bits per heavy atom. The molecule has 0 unspecified atom stereocenters. The molecule has 212 valence electrons. The van der Waals surface area contributed by atoms with Gasteiger partial charge in [-0.2, -0.15) is 0 Å². The van der Waals surface area contributed by atoms with Gasteiger partial charge in [-0.1, -0.05) is 133 Å². The minimum atomic E-state index is 1.17. The Morgan fingerprint density at radius 1 is 0.378 bits per heavy atom. The van der Waals surface area contributed by atoms with Crippen LogP contribution in [0.4, 0.5) is 0 Å². The molecule has 0 amide bonds. The highest BCUT2D eigenvalue weighted by Crippen LogP contribution is 2.46. The van der Waals surface area contributed by atoms with Gasteiger partial charge in [0.15, 0.2) is 0 Å². The summed E-state index contributed by atoms with van der Waals surface area (Å²) in [7, 11) is 0. The molecule has 9 aromatic rings. The minimum Gasteiger partial charge on any atom is -0.309 e. The molecule has 0 saturated heterocycles. The predicted octanol–water partition coefficient (Wildman–Crippen LogP) is 12.2. The number of para-hydroxylation sites is 2. The van der Waals surface area contributed by atoms with Gasteiger partial charge < -0.3 is 4.57 Å². The van der Waals surface area contributed by atoms with Crippen LogP contribution in [-0.4, -0.2) is 4.57 Å². The average Bonchev–Trinajstić information content (AvgIpc) is 3.42. The summed E-state index contributed by atoms with van der Waals surface area (Å²) in [6, 6.07) is 56.0. The van der Waals surface area contributed by atoms with Crippen molar-refractivity contribution in [1.82, 2.24) is 4.57 Å². The Labute approximate surface area is 262 Å². The van der Waals surface area contributed by atoms with E-state index in [1.165, 1.54) is 93.2 Å². The van der Waals surface area contributed by atoms with Gasteiger partial charge in [-0.25, -0.2) is 0 Å². The number of benzene rings is 8. The maximum Gasteiger partial charge on any atom is 0.0541 e. The summed E-state index contributed by atoms with van der Waals surface area (Å²) in [4.78, 5) is 0. The zero-order chi connectivity index (χ0) is 30.1. The maximum atomic E-state index is 2.41. The number of aromatic nitrogens is 1. The lowest BCUT2D eigenvalue weighted by molar-refractivity contribution is 1.18. The summed E-state index contributed by atoms with van der Waals surface area (Å²) in [6.45, 7) is 4.41. The molecule has 0 saturated carbocycles. The van der Waals surface area contributed by atoms with Gasteiger partial charge in [-0.05, 0) is 98.2 Å². The average molecular weight is 574 g/mol. The fourth-order valence-electron chi connectivity index (χ4n) is 7.56. The van der Waals surface area contributed by atoms with Crippen molar-refractivity contribution in [1.29, 1.82) is 0 Å². The highest BCUT2D eigenvalue weighted by molar-refractivity contribution is 6.24. The fourth-order valence-corrected chi connectivity index (χ4v) is 7.56. The number of aryl methyl sites for hydroxylation is 2. The smallest absolute Gasteiger partial charge is 0.0541 e. The van der Waals surface area contributed by atoms with Crippen LogP contribution >= 0.6 is 0 Å². The van der Waals surface area contributed by atoms with Gasteiger partial charge in [0, 0.05) is 16.5 Å². The van der Waals surface area contributed by atoms with Crippen molar-refractivity contribution in [2.75, 3.05) is 0 Å². The second-order valence-corrected chi connectivity index (χ2v) is 12.2. The minimum absolute atomic E-state index is 1.17. The van der Waals surface area contributed by atoms with Gasteiger partial charge in [0.25, 0.3) is 0 Å². The molecule has 0 radical (unpaired) electrons. The summed E-state index contributed by atoms with van der Waals surface area (Å²) in [5, 5.41) is 10.3. The van der Waals surface area contributed by atoms with E-state index in [1.807, 2.05) is 0 Å². The van der Waals surface area contributed by atoms with Gasteiger partial charge in [-0.15, -0.1) is 0 Å². The van der Waals surface area contributed by atoms with E-state index in [2.05, 4.69) is 170 Å². The summed E-state index contributed by atoms with van der Waals surface area (Å²) in [5.41, 5.74) is 11.3. The van der Waals surface area contributed by atoms with E-state index >= 15 is 0 Å². The number of rotatable bonds is 3. The van der Waals surface area contributed by atoms with Crippen LogP contribution in [0.15, 0.2) is 152 Å². The Hall–Kier alpha value is -5.66. The first kappa shape index (κ1) is 25.8. The molecule has 0 N–H and O–H groups in total. The van der Waals surface area contributed by atoms with Crippen LogP contribution in [0.1, 0.15) is 11.1 Å². The zero-order valence-electron chi connectivity index (χ0n) is 25.4. The summed E-state index contributed by atoms with van der Waals surface area (Å²) in [6.07, 6.45) is 0. The lowest BCUT2D eigenvalue weighted by atomic mass is 9.84. The van der Waals surface area contributed by atoms with E-state index in [4.69, 9.17) is 0 Å². The molecule has 0 atom stereocenters. The van der Waals surface area contributed by atoms with Crippen molar-refractivity contribution in [3.8, 4) is 27.9 Å². The molecule has 1 nitrogen and oxygen atoms in total. The first-order valence-electron chi connectivity index (χ1n) is 15.7. The van der Waals surface area contributed by atoms with E-state index in [-0.39, 0.29) is 0 Å². The largest absolute Gasteiger partial charge is 0.309 e. The molecule has 0 bridgehead atoms. The maximum absolute atomic E-state index is 2.41. The second-order valence-electron chi connectivity index (χ2n) is 12.2. The number of fused-ring (bicyclic) bond motifs is 6. The van der Waals surface area contributed by atoms with Crippen LogP contribution in [0, 0.1) is 13.8 Å². The Balaban J connectivity index is 1.38. The highest BCUT2D eigenvalue weighted by Gasteiger charge is 2.19. The molecule has 8 aromatic carbocycles. The van der Waals surface area contributed by atoms with E-state index in [0.717, 1.165) is 0 Å². The first-order chi connectivity index (χ1) is 22.2. The molecule has 1 heteroatoms. The molecule has 1 heterocycles.